The maximum Gasteiger partial charge on any atom is 0.335 e. The normalized spacial score (nSPS) is 10.2. The molecule has 0 aliphatic rings. The lowest BCUT2D eigenvalue weighted by molar-refractivity contribution is -0.115. The van der Waals surface area contributed by atoms with Gasteiger partial charge in [0, 0.05) is 5.69 Å². The summed E-state index contributed by atoms with van der Waals surface area (Å²) in [5.41, 5.74) is 4.10. The van der Waals surface area contributed by atoms with E-state index in [0.717, 1.165) is 11.1 Å². The van der Waals surface area contributed by atoms with Crippen molar-refractivity contribution in [3.05, 3.63) is 64.7 Å². The van der Waals surface area contributed by atoms with Crippen molar-refractivity contribution in [1.82, 2.24) is 0 Å². The lowest BCUT2D eigenvalue weighted by Gasteiger charge is -2.07. The topological polar surface area (TPSA) is 66.4 Å². The van der Waals surface area contributed by atoms with Gasteiger partial charge in [0.15, 0.2) is 0 Å². The van der Waals surface area contributed by atoms with E-state index in [1.165, 1.54) is 17.7 Å². The summed E-state index contributed by atoms with van der Waals surface area (Å²) in [7, 11) is 0. The van der Waals surface area contributed by atoms with Crippen molar-refractivity contribution in [1.29, 1.82) is 0 Å². The zero-order valence-corrected chi connectivity index (χ0v) is 12.0. The molecule has 108 valence electrons. The van der Waals surface area contributed by atoms with Gasteiger partial charge in [-0.15, -0.1) is 0 Å². The molecule has 1 amide bonds. The average Bonchev–Trinajstić information content (AvgIpc) is 2.43. The Hall–Kier alpha value is -2.62. The molecule has 0 aromatic heterocycles. The number of anilines is 1. The number of hydrogen-bond donors (Lipinski definition) is 2. The molecule has 0 aliphatic heterocycles. The molecule has 0 unspecified atom stereocenters. The Labute approximate surface area is 123 Å². The maximum absolute atomic E-state index is 12.0. The van der Waals surface area contributed by atoms with Gasteiger partial charge in [-0.25, -0.2) is 4.79 Å². The summed E-state index contributed by atoms with van der Waals surface area (Å²) >= 11 is 0. The Morgan fingerprint density at radius 3 is 2.24 bits per heavy atom. The van der Waals surface area contributed by atoms with E-state index in [4.69, 9.17) is 5.11 Å². The summed E-state index contributed by atoms with van der Waals surface area (Å²) in [5.74, 6) is -1.11. The van der Waals surface area contributed by atoms with E-state index in [9.17, 15) is 9.59 Å². The molecule has 0 saturated carbocycles. The lowest BCUT2D eigenvalue weighted by Crippen LogP contribution is -2.14. The minimum atomic E-state index is -0.983. The lowest BCUT2D eigenvalue weighted by atomic mass is 10.0. The molecule has 4 heteroatoms. The number of benzene rings is 2. The fourth-order valence-electron chi connectivity index (χ4n) is 2.00. The van der Waals surface area contributed by atoms with E-state index >= 15 is 0 Å². The minimum Gasteiger partial charge on any atom is -0.478 e. The molecule has 2 N–H and O–H groups in total. The first-order valence-corrected chi connectivity index (χ1v) is 6.65. The molecule has 0 bridgehead atoms. The molecular formula is C17H17NO3. The predicted molar refractivity (Wildman–Crippen MR) is 81.7 cm³/mol. The van der Waals surface area contributed by atoms with Crippen LogP contribution >= 0.6 is 0 Å². The molecule has 21 heavy (non-hydrogen) atoms. The van der Waals surface area contributed by atoms with Gasteiger partial charge in [-0.1, -0.05) is 18.2 Å². The molecule has 0 aliphatic carbocycles. The molecule has 0 fully saturated rings. The van der Waals surface area contributed by atoms with Crippen LogP contribution in [0.2, 0.25) is 0 Å². The molecule has 0 atom stereocenters. The van der Waals surface area contributed by atoms with Crippen LogP contribution in [-0.2, 0) is 11.2 Å². The first-order valence-electron chi connectivity index (χ1n) is 6.65. The van der Waals surface area contributed by atoms with Gasteiger partial charge >= 0.3 is 5.97 Å². The predicted octanol–water partition coefficient (Wildman–Crippen LogP) is 3.18. The van der Waals surface area contributed by atoms with Gasteiger partial charge in [-0.3, -0.25) is 4.79 Å². The Kier molecular flexibility index (Phi) is 4.38. The van der Waals surface area contributed by atoms with Crippen LogP contribution in [0.4, 0.5) is 5.69 Å². The third kappa shape index (κ3) is 3.92. The van der Waals surface area contributed by atoms with E-state index in [0.29, 0.717) is 12.1 Å². The fourth-order valence-corrected chi connectivity index (χ4v) is 2.00. The molecule has 2 aromatic carbocycles. The summed E-state index contributed by atoms with van der Waals surface area (Å²) in [4.78, 5) is 22.7. The summed E-state index contributed by atoms with van der Waals surface area (Å²) in [6.45, 7) is 4.05. The molecule has 0 heterocycles. The van der Waals surface area contributed by atoms with Gasteiger partial charge in [-0.2, -0.15) is 0 Å². The van der Waals surface area contributed by atoms with Gasteiger partial charge in [0.1, 0.15) is 0 Å². The van der Waals surface area contributed by atoms with Crippen molar-refractivity contribution < 1.29 is 14.7 Å². The number of rotatable bonds is 4. The number of hydrogen-bond acceptors (Lipinski definition) is 2. The Morgan fingerprint density at radius 2 is 1.67 bits per heavy atom. The zero-order chi connectivity index (χ0) is 15.4. The standard InChI is InChI=1S/C17H17NO3/c1-11-3-4-13(9-12(11)2)10-16(19)18-15-7-5-14(6-8-15)17(20)21/h3-9H,10H2,1-2H3,(H,18,19)(H,20,21). The van der Waals surface area contributed by atoms with E-state index in [2.05, 4.69) is 5.32 Å². The van der Waals surface area contributed by atoms with Gasteiger partial charge in [-0.05, 0) is 54.8 Å². The monoisotopic (exact) mass is 283 g/mol. The zero-order valence-electron chi connectivity index (χ0n) is 12.0. The van der Waals surface area contributed by atoms with E-state index < -0.39 is 5.97 Å². The van der Waals surface area contributed by atoms with E-state index in [1.54, 1.807) is 12.1 Å². The van der Waals surface area contributed by atoms with Crippen molar-refractivity contribution in [2.75, 3.05) is 5.32 Å². The number of amides is 1. The Morgan fingerprint density at radius 1 is 1.00 bits per heavy atom. The quantitative estimate of drug-likeness (QED) is 0.905. The molecule has 2 rings (SSSR count). The second-order valence-corrected chi connectivity index (χ2v) is 5.03. The smallest absolute Gasteiger partial charge is 0.335 e. The highest BCUT2D eigenvalue weighted by Gasteiger charge is 2.06. The van der Waals surface area contributed by atoms with Crippen LogP contribution in [0.3, 0.4) is 0 Å². The molecule has 0 spiro atoms. The van der Waals surface area contributed by atoms with Crippen LogP contribution in [-0.4, -0.2) is 17.0 Å². The van der Waals surface area contributed by atoms with E-state index in [1.807, 2.05) is 32.0 Å². The van der Waals surface area contributed by atoms with Crippen LogP contribution in [0.25, 0.3) is 0 Å². The summed E-state index contributed by atoms with van der Waals surface area (Å²) < 4.78 is 0. The largest absolute Gasteiger partial charge is 0.478 e. The molecular weight excluding hydrogens is 266 g/mol. The Balaban J connectivity index is 2.01. The third-order valence-corrected chi connectivity index (χ3v) is 3.35. The molecule has 4 nitrogen and oxygen atoms in total. The van der Waals surface area contributed by atoms with Gasteiger partial charge < -0.3 is 10.4 Å². The van der Waals surface area contributed by atoms with E-state index in [-0.39, 0.29) is 11.5 Å². The van der Waals surface area contributed by atoms with Crippen molar-refractivity contribution in [3.63, 3.8) is 0 Å². The van der Waals surface area contributed by atoms with Crippen molar-refractivity contribution >= 4 is 17.6 Å². The number of carboxylic acids is 1. The first kappa shape index (κ1) is 14.8. The first-order chi connectivity index (χ1) is 9.95. The molecule has 0 radical (unpaired) electrons. The second-order valence-electron chi connectivity index (χ2n) is 5.03. The Bertz CT molecular complexity index is 675. The number of nitrogens with one attached hydrogen (secondary N) is 1. The number of aromatic carboxylic acids is 1. The van der Waals surface area contributed by atoms with Crippen molar-refractivity contribution in [2.24, 2.45) is 0 Å². The highest BCUT2D eigenvalue weighted by Crippen LogP contribution is 2.13. The van der Waals surface area contributed by atoms with Crippen molar-refractivity contribution in [3.8, 4) is 0 Å². The van der Waals surface area contributed by atoms with Crippen LogP contribution in [0.1, 0.15) is 27.0 Å². The minimum absolute atomic E-state index is 0.124. The van der Waals surface area contributed by atoms with Gasteiger partial charge in [0.25, 0.3) is 0 Å². The fraction of sp³-hybridized carbons (Fsp3) is 0.176. The number of carboxylic acid groups (broad SMARTS) is 1. The molecule has 2 aromatic rings. The van der Waals surface area contributed by atoms with Crippen LogP contribution in [0.15, 0.2) is 42.5 Å². The summed E-state index contributed by atoms with van der Waals surface area (Å²) in [6.07, 6.45) is 0.293. The number of carbonyl (C=O) groups is 2. The highest BCUT2D eigenvalue weighted by molar-refractivity contribution is 5.93. The number of carbonyl (C=O) groups excluding carboxylic acids is 1. The number of aryl methyl sites for hydroxylation is 2. The van der Waals surface area contributed by atoms with Crippen LogP contribution < -0.4 is 5.32 Å². The van der Waals surface area contributed by atoms with Crippen LogP contribution in [0, 0.1) is 13.8 Å². The summed E-state index contributed by atoms with van der Waals surface area (Å²) in [5, 5.41) is 11.6. The van der Waals surface area contributed by atoms with Crippen LogP contribution in [0.5, 0.6) is 0 Å². The highest BCUT2D eigenvalue weighted by atomic mass is 16.4. The van der Waals surface area contributed by atoms with Crippen molar-refractivity contribution in [2.45, 2.75) is 20.3 Å². The van der Waals surface area contributed by atoms with Gasteiger partial charge in [0.05, 0.1) is 12.0 Å². The maximum atomic E-state index is 12.0. The van der Waals surface area contributed by atoms with Gasteiger partial charge in [0.2, 0.25) is 5.91 Å². The molecule has 0 saturated heterocycles. The SMILES string of the molecule is Cc1ccc(CC(=O)Nc2ccc(C(=O)O)cc2)cc1C. The third-order valence-electron chi connectivity index (χ3n) is 3.35. The average molecular weight is 283 g/mol. The second kappa shape index (κ2) is 6.22. The summed E-state index contributed by atoms with van der Waals surface area (Å²) in [6, 6.07) is 12.0.